The molecule has 0 fully saturated rings. The maximum atomic E-state index is 9.14. The number of aromatic nitrogens is 3. The third-order valence-electron chi connectivity index (χ3n) is 10.9. The minimum absolute atomic E-state index is 0. The van der Waals surface area contributed by atoms with E-state index in [0.717, 1.165) is 55.8 Å². The van der Waals surface area contributed by atoms with Crippen molar-refractivity contribution in [3.8, 4) is 28.4 Å². The number of ether oxygens (including phenoxy) is 1. The first kappa shape index (κ1) is 33.7. The largest absolute Gasteiger partial charge is 2.00 e. The second-order valence-corrected chi connectivity index (χ2v) is 18.4. The van der Waals surface area contributed by atoms with Crippen molar-refractivity contribution in [2.75, 3.05) is 0 Å². The summed E-state index contributed by atoms with van der Waals surface area (Å²) in [6.07, 6.45) is 3.52. The molecular weight excluding hydrogens is 930 g/mol. The van der Waals surface area contributed by atoms with Crippen molar-refractivity contribution < 1.29 is 35.4 Å². The van der Waals surface area contributed by atoms with Crippen LogP contribution < -0.4 is 13.9 Å². The fraction of sp³-hybridized carbons (Fsp3) is 0.241. The van der Waals surface area contributed by atoms with Crippen molar-refractivity contribution in [3.05, 3.63) is 162 Å². The average molecular weight is 988 g/mol. The van der Waals surface area contributed by atoms with Crippen LogP contribution in [0.15, 0.2) is 128 Å². The monoisotopic (exact) mass is 987 g/mol. The summed E-state index contributed by atoms with van der Waals surface area (Å²) in [7, 11) is 0. The number of para-hydroxylation sites is 4. The van der Waals surface area contributed by atoms with E-state index in [1.165, 1.54) is 0 Å². The van der Waals surface area contributed by atoms with E-state index in [1.54, 1.807) is 12.3 Å². The Kier molecular flexibility index (Phi) is 8.58. The zero-order valence-corrected chi connectivity index (χ0v) is 38.0. The molecule has 8 aromatic rings. The first-order valence-electron chi connectivity index (χ1n) is 23.7. The van der Waals surface area contributed by atoms with Crippen LogP contribution in [-0.4, -0.2) is 20.5 Å². The summed E-state index contributed by atoms with van der Waals surface area (Å²) in [5, 5.41) is 0.970. The zero-order valence-electron chi connectivity index (χ0n) is 42.8. The van der Waals surface area contributed by atoms with Gasteiger partial charge in [0.15, 0.2) is 0 Å². The Morgan fingerprint density at radius 3 is 2.11 bits per heavy atom. The van der Waals surface area contributed by atoms with Gasteiger partial charge in [-0.25, -0.2) is 4.98 Å². The first-order chi connectivity index (χ1) is 31.4. The summed E-state index contributed by atoms with van der Waals surface area (Å²) in [6.45, 7) is 16.3. The molecule has 0 saturated carbocycles. The SMILES string of the molecule is [2H]c1c([2H])c(C([2H])([2H])[2H])c([2H])c([2H])c1-c1cccc(C(C)(C)C)c1[N+]1=C=[N+](c2[c-]c(Oc3[c-]c4c(nc3)c3ccccc3n4-c3cc(C(C)(C)C)ccn3)cc(C(C)(C)C)c2)c2ccccc21.[Pt+2]. The third kappa shape index (κ3) is 7.80. The molecule has 0 aliphatic carbocycles. The second kappa shape index (κ2) is 15.5. The van der Waals surface area contributed by atoms with E-state index in [-0.39, 0.29) is 37.5 Å². The van der Waals surface area contributed by atoms with E-state index in [4.69, 9.17) is 24.3 Å². The Morgan fingerprint density at radius 1 is 0.705 bits per heavy atom. The number of nitrogens with zero attached hydrogens (tertiary/aromatic N) is 5. The van der Waals surface area contributed by atoms with E-state index in [9.17, 15) is 0 Å². The van der Waals surface area contributed by atoms with Crippen LogP contribution >= 0.6 is 0 Å². The van der Waals surface area contributed by atoms with Gasteiger partial charge in [0.2, 0.25) is 5.69 Å². The molecule has 5 aromatic carbocycles. The van der Waals surface area contributed by atoms with Gasteiger partial charge in [0, 0.05) is 45.0 Å². The summed E-state index contributed by atoms with van der Waals surface area (Å²) >= 11 is 0. The topological polar surface area (TPSA) is 46.0 Å². The van der Waals surface area contributed by atoms with Gasteiger partial charge in [0.05, 0.1) is 11.0 Å². The standard InChI is InChI=1S/C54H51N5O.Pt/c1-35-22-24-36(25-23-35)42-17-15-18-44(54(8,9)10)51(42)58-34-57(46-20-13-14-21-47(46)58)39-28-38(53(5,6)7)29-40(31-39)60-41-32-48-50(56-33-41)43-16-11-12-19-45(43)59(48)49-30-37(26-27-55-49)52(2,3)4;/h11-30,33H,1-10H3;/q;+2/i1D3,22D,23D,24D,25D;. The molecule has 0 saturated heterocycles. The Bertz CT molecular complexity index is 3390. The number of hydrogen-bond acceptors (Lipinski definition) is 3. The van der Waals surface area contributed by atoms with Crippen molar-refractivity contribution in [1.29, 1.82) is 0 Å². The van der Waals surface area contributed by atoms with E-state index >= 15 is 0 Å². The van der Waals surface area contributed by atoms with Crippen molar-refractivity contribution in [2.45, 2.75) is 85.4 Å². The van der Waals surface area contributed by atoms with Gasteiger partial charge in [0.1, 0.15) is 11.5 Å². The van der Waals surface area contributed by atoms with Crippen LogP contribution in [-0.2, 0) is 37.3 Å². The fourth-order valence-electron chi connectivity index (χ4n) is 7.74. The van der Waals surface area contributed by atoms with Gasteiger partial charge < -0.3 is 14.3 Å². The predicted octanol–water partition coefficient (Wildman–Crippen LogP) is 13.7. The fourth-order valence-corrected chi connectivity index (χ4v) is 7.74. The van der Waals surface area contributed by atoms with Crippen LogP contribution in [0.3, 0.4) is 0 Å². The number of hydrogen-bond donors (Lipinski definition) is 0. The maximum Gasteiger partial charge on any atom is 2.00 e. The van der Waals surface area contributed by atoms with Crippen LogP contribution in [0.2, 0.25) is 0 Å². The van der Waals surface area contributed by atoms with Crippen LogP contribution in [0.1, 0.15) is 94.2 Å². The summed E-state index contributed by atoms with van der Waals surface area (Å²) < 4.78 is 72.6. The molecule has 306 valence electrons. The Labute approximate surface area is 384 Å². The van der Waals surface area contributed by atoms with Gasteiger partial charge in [-0.2, -0.15) is 0 Å². The van der Waals surface area contributed by atoms with E-state index < -0.39 is 42.0 Å². The molecule has 7 heteroatoms. The molecule has 1 aliphatic rings. The summed E-state index contributed by atoms with van der Waals surface area (Å²) in [4.78, 5) is 9.76. The van der Waals surface area contributed by atoms with Crippen molar-refractivity contribution in [1.82, 2.24) is 23.7 Å². The van der Waals surface area contributed by atoms with Gasteiger partial charge in [0.25, 0.3) is 11.4 Å². The molecule has 9 rings (SSSR count). The predicted molar refractivity (Wildman–Crippen MR) is 248 cm³/mol. The first-order valence-corrected chi connectivity index (χ1v) is 20.2. The van der Waals surface area contributed by atoms with Gasteiger partial charge >= 0.3 is 27.1 Å². The summed E-state index contributed by atoms with van der Waals surface area (Å²) in [6, 6.07) is 38.3. The average Bonchev–Trinajstić information content (AvgIpc) is 3.80. The quantitative estimate of drug-likeness (QED) is 0.123. The number of rotatable bonds is 6. The molecule has 0 amide bonds. The zero-order chi connectivity index (χ0) is 48.1. The maximum absolute atomic E-state index is 9.14. The van der Waals surface area contributed by atoms with Gasteiger partial charge in [-0.05, 0) is 85.7 Å². The molecule has 3 aromatic heterocycles. The molecular formula is C54H51N5OPt+2. The van der Waals surface area contributed by atoms with Crippen LogP contribution in [0.4, 0.5) is 22.7 Å². The molecule has 4 heterocycles. The Balaban J connectivity index is 0.00000625. The third-order valence-corrected chi connectivity index (χ3v) is 10.9. The van der Waals surface area contributed by atoms with E-state index in [1.807, 2.05) is 76.0 Å². The minimum Gasteiger partial charge on any atom is -0.507 e. The van der Waals surface area contributed by atoms with Crippen LogP contribution in [0, 0.1) is 19.0 Å². The molecule has 61 heavy (non-hydrogen) atoms. The second-order valence-electron chi connectivity index (χ2n) is 18.4. The normalized spacial score (nSPS) is 14.7. The Hall–Kier alpha value is -5.93. The van der Waals surface area contributed by atoms with E-state index in [0.29, 0.717) is 28.4 Å². The number of benzene rings is 5. The van der Waals surface area contributed by atoms with Gasteiger partial charge in [-0.15, -0.1) is 17.7 Å². The van der Waals surface area contributed by atoms with Crippen molar-refractivity contribution in [3.63, 3.8) is 0 Å². The van der Waals surface area contributed by atoms with Crippen LogP contribution in [0.25, 0.3) is 38.9 Å². The molecule has 0 spiro atoms. The van der Waals surface area contributed by atoms with Crippen LogP contribution in [0.5, 0.6) is 11.5 Å². The molecule has 0 atom stereocenters. The molecule has 0 N–H and O–H groups in total. The molecule has 0 unspecified atom stereocenters. The van der Waals surface area contributed by atoms with Crippen molar-refractivity contribution in [2.24, 2.45) is 0 Å². The van der Waals surface area contributed by atoms with E-state index in [2.05, 4.69) is 109 Å². The van der Waals surface area contributed by atoms with Crippen molar-refractivity contribution >= 4 is 50.7 Å². The Morgan fingerprint density at radius 2 is 1.41 bits per heavy atom. The molecule has 0 radical (unpaired) electrons. The van der Waals surface area contributed by atoms with Gasteiger partial charge in [-0.1, -0.05) is 151 Å². The summed E-state index contributed by atoms with van der Waals surface area (Å²) in [5.74, 6) is 1.57. The molecule has 1 aliphatic heterocycles. The number of pyridine rings is 2. The minimum atomic E-state index is -2.84. The summed E-state index contributed by atoms with van der Waals surface area (Å²) in [5.41, 5.74) is 7.02. The molecule has 6 nitrogen and oxygen atoms in total. The number of fused-ring (bicyclic) bond motifs is 4. The van der Waals surface area contributed by atoms with Gasteiger partial charge in [-0.3, -0.25) is 0 Å². The smallest absolute Gasteiger partial charge is 0.507 e. The molecule has 0 bridgehead atoms.